The van der Waals surface area contributed by atoms with Gasteiger partial charge in [0.2, 0.25) is 5.91 Å². The van der Waals surface area contributed by atoms with Crippen molar-refractivity contribution in [1.82, 2.24) is 10.6 Å². The smallest absolute Gasteiger partial charge is 0.407 e. The minimum Gasteiger partial charge on any atom is -0.479 e. The van der Waals surface area contributed by atoms with Gasteiger partial charge >= 0.3 is 12.1 Å². The van der Waals surface area contributed by atoms with Crippen molar-refractivity contribution in [3.05, 3.63) is 59.7 Å². The summed E-state index contributed by atoms with van der Waals surface area (Å²) in [5.74, 6) is -1.68. The van der Waals surface area contributed by atoms with Crippen molar-refractivity contribution in [1.29, 1.82) is 0 Å². The van der Waals surface area contributed by atoms with Crippen LogP contribution < -0.4 is 10.6 Å². The third-order valence-corrected chi connectivity index (χ3v) is 6.37. The Hall–Kier alpha value is -3.43. The molecule has 1 fully saturated rings. The maximum absolute atomic E-state index is 12.4. The number of carboxylic acids is 1. The van der Waals surface area contributed by atoms with Gasteiger partial charge in [-0.05, 0) is 22.3 Å². The molecule has 2 aromatic rings. The quantitative estimate of drug-likeness (QED) is 0.516. The van der Waals surface area contributed by atoms with Gasteiger partial charge in [0, 0.05) is 32.6 Å². The number of alkyl carbamates (subject to hydrolysis) is 1. The molecule has 2 aliphatic rings. The summed E-state index contributed by atoms with van der Waals surface area (Å²) >= 11 is 0. The van der Waals surface area contributed by atoms with Gasteiger partial charge < -0.3 is 30.0 Å². The van der Waals surface area contributed by atoms with E-state index in [-0.39, 0.29) is 45.1 Å². The summed E-state index contributed by atoms with van der Waals surface area (Å²) in [5, 5.41) is 14.6. The molecule has 1 heterocycles. The number of ether oxygens (including phenoxy) is 3. The fourth-order valence-electron chi connectivity index (χ4n) is 4.50. The second-order valence-corrected chi connectivity index (χ2v) is 8.51. The lowest BCUT2D eigenvalue weighted by Crippen LogP contribution is -2.55. The van der Waals surface area contributed by atoms with Gasteiger partial charge in [-0.2, -0.15) is 0 Å². The molecule has 0 bridgehead atoms. The molecule has 9 nitrogen and oxygen atoms in total. The van der Waals surface area contributed by atoms with Crippen molar-refractivity contribution in [2.24, 2.45) is 0 Å². The van der Waals surface area contributed by atoms with Crippen LogP contribution >= 0.6 is 0 Å². The Balaban J connectivity index is 1.28. The zero-order valence-corrected chi connectivity index (χ0v) is 18.9. The topological polar surface area (TPSA) is 123 Å². The van der Waals surface area contributed by atoms with E-state index in [0.717, 1.165) is 22.3 Å². The standard InChI is InChI=1S/C25H28N2O7/c1-32-16(12-22(28)27-25(23(29)30)10-11-33-15-25)13-26-24(31)34-14-21-19-8-4-2-6-17(19)18-7-3-5-9-20(18)21/h2-9,16,21H,10-15H2,1H3,(H,26,31)(H,27,28)(H,29,30). The zero-order chi connectivity index (χ0) is 24.1. The normalized spacial score (nSPS) is 19.7. The van der Waals surface area contributed by atoms with E-state index in [1.54, 1.807) is 0 Å². The fourth-order valence-corrected chi connectivity index (χ4v) is 4.50. The van der Waals surface area contributed by atoms with Crippen molar-refractivity contribution >= 4 is 18.0 Å². The number of hydrogen-bond donors (Lipinski definition) is 3. The van der Waals surface area contributed by atoms with Gasteiger partial charge in [-0.3, -0.25) is 4.79 Å². The van der Waals surface area contributed by atoms with Gasteiger partial charge in [0.05, 0.1) is 19.1 Å². The number of benzene rings is 2. The van der Waals surface area contributed by atoms with Gasteiger partial charge in [0.15, 0.2) is 5.54 Å². The number of hydrogen-bond acceptors (Lipinski definition) is 6. The highest BCUT2D eigenvalue weighted by atomic mass is 16.5. The summed E-state index contributed by atoms with van der Waals surface area (Å²) < 4.78 is 15.9. The van der Waals surface area contributed by atoms with Gasteiger partial charge in [-0.15, -0.1) is 0 Å². The molecule has 0 aromatic heterocycles. The largest absolute Gasteiger partial charge is 0.479 e. The molecule has 2 atom stereocenters. The van der Waals surface area contributed by atoms with Crippen LogP contribution in [0.4, 0.5) is 4.79 Å². The molecule has 0 saturated carbocycles. The van der Waals surface area contributed by atoms with E-state index in [0.29, 0.717) is 0 Å². The lowest BCUT2D eigenvalue weighted by molar-refractivity contribution is -0.148. The van der Waals surface area contributed by atoms with E-state index < -0.39 is 29.6 Å². The first-order valence-corrected chi connectivity index (χ1v) is 11.2. The first-order valence-electron chi connectivity index (χ1n) is 11.2. The average molecular weight is 469 g/mol. The molecule has 0 spiro atoms. The monoisotopic (exact) mass is 468 g/mol. The van der Waals surface area contributed by atoms with E-state index in [1.807, 2.05) is 36.4 Å². The van der Waals surface area contributed by atoms with E-state index in [2.05, 4.69) is 22.8 Å². The molecule has 4 rings (SSSR count). The van der Waals surface area contributed by atoms with Crippen LogP contribution in [0.25, 0.3) is 11.1 Å². The Morgan fingerprint density at radius 3 is 2.32 bits per heavy atom. The SMILES string of the molecule is COC(CNC(=O)OCC1c2ccccc2-c2ccccc21)CC(=O)NC1(C(=O)O)CCOC1. The van der Waals surface area contributed by atoms with Crippen LogP contribution in [0.15, 0.2) is 48.5 Å². The van der Waals surface area contributed by atoms with Crippen LogP contribution in [0.1, 0.15) is 29.9 Å². The molecule has 1 aliphatic carbocycles. The summed E-state index contributed by atoms with van der Waals surface area (Å²) in [6.07, 6.45) is -1.18. The van der Waals surface area contributed by atoms with Gasteiger partial charge in [0.25, 0.3) is 0 Å². The Morgan fingerprint density at radius 1 is 1.12 bits per heavy atom. The van der Waals surface area contributed by atoms with Crippen LogP contribution in [0.3, 0.4) is 0 Å². The molecule has 2 amide bonds. The lowest BCUT2D eigenvalue weighted by Gasteiger charge is -2.25. The first kappa shape index (κ1) is 23.7. The Kier molecular flexibility index (Phi) is 7.14. The molecule has 2 unspecified atom stereocenters. The molecule has 34 heavy (non-hydrogen) atoms. The minimum atomic E-state index is -1.42. The molecule has 1 aliphatic heterocycles. The van der Waals surface area contributed by atoms with Crippen molar-refractivity contribution in [2.75, 3.05) is 33.5 Å². The Morgan fingerprint density at radius 2 is 1.76 bits per heavy atom. The number of carbonyl (C=O) groups is 3. The molecule has 1 saturated heterocycles. The van der Waals surface area contributed by atoms with Crippen molar-refractivity contribution in [2.45, 2.75) is 30.4 Å². The van der Waals surface area contributed by atoms with Crippen molar-refractivity contribution in [3.8, 4) is 11.1 Å². The molecule has 180 valence electrons. The number of rotatable bonds is 9. The third kappa shape index (κ3) is 4.90. The molecule has 9 heteroatoms. The van der Waals surface area contributed by atoms with E-state index in [9.17, 15) is 19.5 Å². The summed E-state index contributed by atoms with van der Waals surface area (Å²) in [6, 6.07) is 16.1. The molecule has 0 radical (unpaired) electrons. The molecule has 3 N–H and O–H groups in total. The van der Waals surface area contributed by atoms with Crippen LogP contribution in [0.2, 0.25) is 0 Å². The van der Waals surface area contributed by atoms with Crippen LogP contribution in [0.5, 0.6) is 0 Å². The summed E-state index contributed by atoms with van der Waals surface area (Å²) in [7, 11) is 1.42. The Labute approximate surface area is 197 Å². The second kappa shape index (κ2) is 10.2. The van der Waals surface area contributed by atoms with E-state index in [1.165, 1.54) is 7.11 Å². The predicted molar refractivity (Wildman–Crippen MR) is 122 cm³/mol. The maximum atomic E-state index is 12.4. The minimum absolute atomic E-state index is 0.0389. The van der Waals surface area contributed by atoms with Crippen LogP contribution in [-0.2, 0) is 23.8 Å². The van der Waals surface area contributed by atoms with E-state index >= 15 is 0 Å². The van der Waals surface area contributed by atoms with Crippen LogP contribution in [-0.4, -0.2) is 68.2 Å². The van der Waals surface area contributed by atoms with Crippen LogP contribution in [0, 0.1) is 0 Å². The summed E-state index contributed by atoms with van der Waals surface area (Å²) in [5.41, 5.74) is 3.10. The first-order chi connectivity index (χ1) is 16.4. The van der Waals surface area contributed by atoms with Gasteiger partial charge in [-0.1, -0.05) is 48.5 Å². The third-order valence-electron chi connectivity index (χ3n) is 6.37. The molecule has 2 aromatic carbocycles. The zero-order valence-electron chi connectivity index (χ0n) is 18.9. The fraction of sp³-hybridized carbons (Fsp3) is 0.400. The Bertz CT molecular complexity index is 1020. The highest BCUT2D eigenvalue weighted by molar-refractivity contribution is 5.87. The number of aliphatic carboxylic acids is 1. The highest BCUT2D eigenvalue weighted by Crippen LogP contribution is 2.44. The number of fused-ring (bicyclic) bond motifs is 3. The number of amides is 2. The van der Waals surface area contributed by atoms with Crippen molar-refractivity contribution < 1.29 is 33.7 Å². The summed E-state index contributed by atoms with van der Waals surface area (Å²) in [6.45, 7) is 0.406. The van der Waals surface area contributed by atoms with Gasteiger partial charge in [0.1, 0.15) is 6.61 Å². The average Bonchev–Trinajstić information content (AvgIpc) is 3.44. The number of carboxylic acid groups (broad SMARTS) is 1. The highest BCUT2D eigenvalue weighted by Gasteiger charge is 2.44. The maximum Gasteiger partial charge on any atom is 0.407 e. The molecular weight excluding hydrogens is 440 g/mol. The summed E-state index contributed by atoms with van der Waals surface area (Å²) in [4.78, 5) is 36.3. The number of carbonyl (C=O) groups excluding carboxylic acids is 2. The molecular formula is C25H28N2O7. The van der Waals surface area contributed by atoms with E-state index in [4.69, 9.17) is 14.2 Å². The number of methoxy groups -OCH3 is 1. The van der Waals surface area contributed by atoms with Crippen molar-refractivity contribution in [3.63, 3.8) is 0 Å². The number of nitrogens with one attached hydrogen (secondary N) is 2. The van der Waals surface area contributed by atoms with Gasteiger partial charge in [-0.25, -0.2) is 9.59 Å². The predicted octanol–water partition coefficient (Wildman–Crippen LogP) is 2.29. The lowest BCUT2D eigenvalue weighted by atomic mass is 9.98. The second-order valence-electron chi connectivity index (χ2n) is 8.51.